The number of nitrogens with zero attached hydrogens (tertiary/aromatic N) is 2. The maximum absolute atomic E-state index is 5.99. The largest absolute Gasteiger partial charge is 0.439 e. The van der Waals surface area contributed by atoms with Gasteiger partial charge in [0.2, 0.25) is 5.88 Å². The molecule has 0 spiro atoms. The zero-order chi connectivity index (χ0) is 14.5. The molecule has 0 unspecified atom stereocenters. The molecular weight excluding hydrogens is 262 g/mol. The van der Waals surface area contributed by atoms with Crippen LogP contribution in [0.1, 0.15) is 36.1 Å². The van der Waals surface area contributed by atoms with Crippen molar-refractivity contribution in [3.8, 4) is 11.6 Å². The Morgan fingerprint density at radius 1 is 1.05 bits per heavy atom. The van der Waals surface area contributed by atoms with Crippen molar-refractivity contribution in [2.24, 2.45) is 0 Å². The van der Waals surface area contributed by atoms with E-state index in [0.29, 0.717) is 0 Å². The molecule has 21 heavy (non-hydrogen) atoms. The van der Waals surface area contributed by atoms with Gasteiger partial charge in [-0.1, -0.05) is 18.6 Å². The molecule has 1 N–H and O–H groups in total. The van der Waals surface area contributed by atoms with Crippen molar-refractivity contribution in [3.63, 3.8) is 0 Å². The van der Waals surface area contributed by atoms with Crippen LogP contribution in [0, 0.1) is 0 Å². The number of aryl methyl sites for hydroxylation is 1. The third kappa shape index (κ3) is 3.39. The second-order valence-electron chi connectivity index (χ2n) is 5.44. The summed E-state index contributed by atoms with van der Waals surface area (Å²) in [5, 5.41) is 3.14. The van der Waals surface area contributed by atoms with Crippen LogP contribution in [-0.4, -0.2) is 17.0 Å². The maximum atomic E-state index is 5.99. The Morgan fingerprint density at radius 3 is 2.67 bits per heavy atom. The van der Waals surface area contributed by atoms with Crippen LogP contribution in [0.2, 0.25) is 0 Å². The van der Waals surface area contributed by atoms with Gasteiger partial charge in [0.05, 0.1) is 5.69 Å². The fourth-order valence-corrected chi connectivity index (χ4v) is 2.75. The van der Waals surface area contributed by atoms with E-state index in [-0.39, 0.29) is 0 Å². The van der Waals surface area contributed by atoms with Crippen molar-refractivity contribution >= 4 is 0 Å². The summed E-state index contributed by atoms with van der Waals surface area (Å²) in [4.78, 5) is 8.76. The highest BCUT2D eigenvalue weighted by atomic mass is 16.5. The van der Waals surface area contributed by atoms with Crippen LogP contribution < -0.4 is 10.1 Å². The Hall–Kier alpha value is -1.94. The third-order valence-corrected chi connectivity index (χ3v) is 3.85. The maximum Gasteiger partial charge on any atom is 0.225 e. The van der Waals surface area contributed by atoms with Gasteiger partial charge >= 0.3 is 0 Å². The van der Waals surface area contributed by atoms with Crippen LogP contribution in [0.5, 0.6) is 11.6 Å². The van der Waals surface area contributed by atoms with Gasteiger partial charge in [-0.3, -0.25) is 0 Å². The lowest BCUT2D eigenvalue weighted by Gasteiger charge is -2.11. The van der Waals surface area contributed by atoms with Crippen LogP contribution in [0.15, 0.2) is 30.6 Å². The second-order valence-corrected chi connectivity index (χ2v) is 5.44. The normalized spacial score (nSPS) is 14.3. The Labute approximate surface area is 125 Å². The van der Waals surface area contributed by atoms with Crippen molar-refractivity contribution in [1.29, 1.82) is 0 Å². The van der Waals surface area contributed by atoms with E-state index in [1.54, 1.807) is 6.33 Å². The molecule has 1 heterocycles. The van der Waals surface area contributed by atoms with Crippen LogP contribution >= 0.6 is 0 Å². The number of nitrogens with one attached hydrogen (secondary N) is 1. The van der Waals surface area contributed by atoms with E-state index in [1.807, 2.05) is 19.2 Å². The van der Waals surface area contributed by atoms with Crippen molar-refractivity contribution < 1.29 is 4.74 Å². The summed E-state index contributed by atoms with van der Waals surface area (Å²) in [7, 11) is 1.95. The first-order valence-electron chi connectivity index (χ1n) is 7.61. The standard InChI is InChI=1S/C17H21N3O/c1-18-11-13-7-9-14(10-8-13)21-17-15-5-3-2-4-6-16(15)19-12-20-17/h7-10,12,18H,2-6,11H2,1H3. The van der Waals surface area contributed by atoms with E-state index >= 15 is 0 Å². The molecule has 0 bridgehead atoms. The molecule has 0 aliphatic heterocycles. The molecule has 1 aromatic carbocycles. The smallest absolute Gasteiger partial charge is 0.225 e. The number of hydrogen-bond donors (Lipinski definition) is 1. The molecule has 110 valence electrons. The minimum Gasteiger partial charge on any atom is -0.439 e. The first-order valence-corrected chi connectivity index (χ1v) is 7.61. The van der Waals surface area contributed by atoms with Crippen LogP contribution in [-0.2, 0) is 19.4 Å². The lowest BCUT2D eigenvalue weighted by molar-refractivity contribution is 0.452. The predicted molar refractivity (Wildman–Crippen MR) is 82.6 cm³/mol. The molecule has 3 rings (SSSR count). The molecule has 1 aromatic heterocycles. The first-order chi connectivity index (χ1) is 10.4. The van der Waals surface area contributed by atoms with Crippen LogP contribution in [0.25, 0.3) is 0 Å². The van der Waals surface area contributed by atoms with Gasteiger partial charge in [-0.2, -0.15) is 0 Å². The van der Waals surface area contributed by atoms with E-state index in [4.69, 9.17) is 4.74 Å². The summed E-state index contributed by atoms with van der Waals surface area (Å²) < 4.78 is 5.99. The Balaban J connectivity index is 1.81. The molecule has 2 aromatic rings. The Bertz CT molecular complexity index is 595. The molecule has 0 saturated carbocycles. The monoisotopic (exact) mass is 283 g/mol. The fourth-order valence-electron chi connectivity index (χ4n) is 2.75. The van der Waals surface area contributed by atoms with E-state index < -0.39 is 0 Å². The zero-order valence-corrected chi connectivity index (χ0v) is 12.4. The van der Waals surface area contributed by atoms with Crippen LogP contribution in [0.4, 0.5) is 0 Å². The van der Waals surface area contributed by atoms with Crippen molar-refractivity contribution in [2.75, 3.05) is 7.05 Å². The SMILES string of the molecule is CNCc1ccc(Oc2ncnc3c2CCCCC3)cc1. The minimum absolute atomic E-state index is 0.725. The summed E-state index contributed by atoms with van der Waals surface area (Å²) in [5.41, 5.74) is 3.59. The average molecular weight is 283 g/mol. The minimum atomic E-state index is 0.725. The summed E-state index contributed by atoms with van der Waals surface area (Å²) >= 11 is 0. The molecule has 0 saturated heterocycles. The Kier molecular flexibility index (Phi) is 4.46. The summed E-state index contributed by atoms with van der Waals surface area (Å²) in [6, 6.07) is 8.15. The topological polar surface area (TPSA) is 47.0 Å². The lowest BCUT2D eigenvalue weighted by Crippen LogP contribution is -2.04. The quantitative estimate of drug-likeness (QED) is 0.875. The number of fused-ring (bicyclic) bond motifs is 1. The molecule has 1 aliphatic rings. The highest BCUT2D eigenvalue weighted by Gasteiger charge is 2.15. The lowest BCUT2D eigenvalue weighted by atomic mass is 10.1. The molecule has 0 atom stereocenters. The van der Waals surface area contributed by atoms with Crippen LogP contribution in [0.3, 0.4) is 0 Å². The zero-order valence-electron chi connectivity index (χ0n) is 12.4. The molecular formula is C17H21N3O. The summed E-state index contributed by atoms with van der Waals surface area (Å²) in [5.74, 6) is 1.56. The van der Waals surface area contributed by atoms with Crippen molar-refractivity contribution in [2.45, 2.75) is 38.6 Å². The van der Waals surface area contributed by atoms with E-state index in [2.05, 4.69) is 27.4 Å². The molecule has 4 nitrogen and oxygen atoms in total. The van der Waals surface area contributed by atoms with E-state index in [9.17, 15) is 0 Å². The third-order valence-electron chi connectivity index (χ3n) is 3.85. The van der Waals surface area contributed by atoms with Gasteiger partial charge < -0.3 is 10.1 Å². The van der Waals surface area contributed by atoms with Gasteiger partial charge in [-0.25, -0.2) is 9.97 Å². The van der Waals surface area contributed by atoms with Gasteiger partial charge in [0.15, 0.2) is 0 Å². The van der Waals surface area contributed by atoms with Crippen molar-refractivity contribution in [3.05, 3.63) is 47.4 Å². The Morgan fingerprint density at radius 2 is 1.86 bits per heavy atom. The molecule has 0 radical (unpaired) electrons. The van der Waals surface area contributed by atoms with Gasteiger partial charge in [-0.15, -0.1) is 0 Å². The molecule has 0 fully saturated rings. The van der Waals surface area contributed by atoms with Gasteiger partial charge in [0.1, 0.15) is 12.1 Å². The van der Waals surface area contributed by atoms with Gasteiger partial charge in [0.25, 0.3) is 0 Å². The number of aromatic nitrogens is 2. The second kappa shape index (κ2) is 6.68. The first kappa shape index (κ1) is 14.0. The number of ether oxygens (including phenoxy) is 1. The summed E-state index contributed by atoms with van der Waals surface area (Å²) in [6.07, 6.45) is 7.34. The highest BCUT2D eigenvalue weighted by molar-refractivity contribution is 5.36. The van der Waals surface area contributed by atoms with Crippen molar-refractivity contribution in [1.82, 2.24) is 15.3 Å². The van der Waals surface area contributed by atoms with Gasteiger partial charge in [-0.05, 0) is 50.4 Å². The van der Waals surface area contributed by atoms with Gasteiger partial charge in [0, 0.05) is 12.1 Å². The van der Waals surface area contributed by atoms with E-state index in [0.717, 1.165) is 36.7 Å². The molecule has 0 amide bonds. The predicted octanol–water partition coefficient (Wildman–Crippen LogP) is 3.26. The number of benzene rings is 1. The summed E-state index contributed by atoms with van der Waals surface area (Å²) in [6.45, 7) is 0.864. The number of rotatable bonds is 4. The number of hydrogen-bond acceptors (Lipinski definition) is 4. The fraction of sp³-hybridized carbons (Fsp3) is 0.412. The molecule has 1 aliphatic carbocycles. The van der Waals surface area contributed by atoms with E-state index in [1.165, 1.54) is 30.4 Å². The highest BCUT2D eigenvalue weighted by Crippen LogP contribution is 2.29. The molecule has 4 heteroatoms. The average Bonchev–Trinajstić information content (AvgIpc) is 2.76.